The van der Waals surface area contributed by atoms with E-state index >= 15 is 0 Å². The van der Waals surface area contributed by atoms with E-state index in [0.29, 0.717) is 6.61 Å². The minimum atomic E-state index is -4.50. The topological polar surface area (TPSA) is 132 Å². The molecule has 0 amide bonds. The number of rotatable bonds is 40. The molecule has 10 heteroatoms. The Morgan fingerprint density at radius 3 is 1.33 bits per heavy atom. The molecule has 0 aromatic carbocycles. The molecule has 0 saturated heterocycles. The second-order valence-electron chi connectivity index (χ2n) is 14.0. The van der Waals surface area contributed by atoms with Crippen LogP contribution in [-0.2, 0) is 27.9 Å². The summed E-state index contributed by atoms with van der Waals surface area (Å²) in [5.74, 6) is -0.377. The Bertz CT molecular complexity index is 739. The number of aliphatic hydroxyl groups excluding tert-OH is 2. The van der Waals surface area contributed by atoms with Crippen molar-refractivity contribution in [2.75, 3.05) is 33.0 Å². The molecule has 0 fully saturated rings. The number of unbranched alkanes of at least 4 members (excludes halogenated alkanes) is 26. The first-order valence-corrected chi connectivity index (χ1v) is 22.0. The van der Waals surface area contributed by atoms with Crippen LogP contribution < -0.4 is 0 Å². The van der Waals surface area contributed by atoms with Crippen molar-refractivity contribution in [3.8, 4) is 0 Å². The highest BCUT2D eigenvalue weighted by molar-refractivity contribution is 7.47. The van der Waals surface area contributed by atoms with Crippen molar-refractivity contribution in [2.45, 2.75) is 212 Å². The number of aliphatic hydroxyl groups is 2. The van der Waals surface area contributed by atoms with Crippen molar-refractivity contribution in [3.05, 3.63) is 0 Å². The third-order valence-corrected chi connectivity index (χ3v) is 9.99. The number of hydrogen-bond acceptors (Lipinski definition) is 8. The Hall–Kier alpha value is -0.540. The van der Waals surface area contributed by atoms with E-state index in [9.17, 15) is 19.4 Å². The molecule has 0 aliphatic heterocycles. The molecule has 0 saturated carbocycles. The van der Waals surface area contributed by atoms with E-state index in [4.69, 9.17) is 23.6 Å². The first-order valence-electron chi connectivity index (χ1n) is 20.5. The molecule has 9 nitrogen and oxygen atoms in total. The lowest BCUT2D eigenvalue weighted by molar-refractivity contribution is -0.154. The Kier molecular flexibility index (Phi) is 36.8. The highest BCUT2D eigenvalue weighted by Gasteiger charge is 2.26. The number of hydrogen-bond donors (Lipinski definition) is 3. The molecule has 0 aliphatic rings. The number of phosphoric acid groups is 1. The molecule has 0 aliphatic carbocycles. The second kappa shape index (κ2) is 37.2. The molecular weight excluding hydrogens is 643 g/mol. The van der Waals surface area contributed by atoms with E-state index in [1.54, 1.807) is 0 Å². The maximum Gasteiger partial charge on any atom is 0.472 e. The molecule has 0 spiro atoms. The smallest absolute Gasteiger partial charge is 0.457 e. The van der Waals surface area contributed by atoms with Crippen LogP contribution in [0.1, 0.15) is 200 Å². The number of esters is 1. The van der Waals surface area contributed by atoms with Crippen LogP contribution in [0.4, 0.5) is 0 Å². The first-order chi connectivity index (χ1) is 23.8. The SMILES string of the molecule is CCCCCCCCCCCCCCCCCCC(=O)OC(COCCCCCCCCCCCCCC)COP(=O)(O)OCC(O)CO. The fourth-order valence-electron chi connectivity index (χ4n) is 5.89. The maximum atomic E-state index is 12.6. The van der Waals surface area contributed by atoms with Gasteiger partial charge in [0.25, 0.3) is 0 Å². The molecule has 3 atom stereocenters. The van der Waals surface area contributed by atoms with Crippen LogP contribution in [0, 0.1) is 0 Å². The van der Waals surface area contributed by atoms with Crippen LogP contribution in [0.2, 0.25) is 0 Å². The van der Waals surface area contributed by atoms with Gasteiger partial charge >= 0.3 is 13.8 Å². The fourth-order valence-corrected chi connectivity index (χ4v) is 6.68. The van der Waals surface area contributed by atoms with Gasteiger partial charge in [-0.05, 0) is 12.8 Å². The van der Waals surface area contributed by atoms with Gasteiger partial charge in [-0.25, -0.2) is 4.57 Å². The summed E-state index contributed by atoms with van der Waals surface area (Å²) in [5.41, 5.74) is 0. The maximum absolute atomic E-state index is 12.6. The van der Waals surface area contributed by atoms with Crippen molar-refractivity contribution in [1.82, 2.24) is 0 Å². The van der Waals surface area contributed by atoms with Crippen LogP contribution in [0.25, 0.3) is 0 Å². The molecular formula is C39H79O9P. The van der Waals surface area contributed by atoms with Crippen LogP contribution in [0.15, 0.2) is 0 Å². The second-order valence-corrected chi connectivity index (χ2v) is 15.5. The Morgan fingerprint density at radius 1 is 0.551 bits per heavy atom. The normalized spacial score (nSPS) is 14.1. The zero-order chi connectivity index (χ0) is 36.1. The summed E-state index contributed by atoms with van der Waals surface area (Å²) in [6.07, 6.45) is 33.4. The third kappa shape index (κ3) is 37.0. The van der Waals surface area contributed by atoms with E-state index < -0.39 is 33.2 Å². The molecule has 0 aromatic rings. The molecule has 0 rings (SSSR count). The number of ether oxygens (including phenoxy) is 2. The third-order valence-electron chi connectivity index (χ3n) is 9.04. The molecule has 0 heterocycles. The van der Waals surface area contributed by atoms with Gasteiger partial charge in [-0.2, -0.15) is 0 Å². The molecule has 3 unspecified atom stereocenters. The fraction of sp³-hybridized carbons (Fsp3) is 0.974. The van der Waals surface area contributed by atoms with Crippen LogP contribution >= 0.6 is 7.82 Å². The van der Waals surface area contributed by atoms with Gasteiger partial charge < -0.3 is 24.6 Å². The largest absolute Gasteiger partial charge is 0.472 e. The zero-order valence-electron chi connectivity index (χ0n) is 31.9. The van der Waals surface area contributed by atoms with Gasteiger partial charge in [0.1, 0.15) is 12.2 Å². The molecule has 0 radical (unpaired) electrons. The van der Waals surface area contributed by atoms with E-state index in [-0.39, 0.29) is 25.6 Å². The number of carbonyl (C=O) groups is 1. The minimum absolute atomic E-state index is 0.0575. The van der Waals surface area contributed by atoms with Gasteiger partial charge in [-0.15, -0.1) is 0 Å². The molecule has 0 aromatic heterocycles. The average molecular weight is 723 g/mol. The van der Waals surface area contributed by atoms with E-state index in [2.05, 4.69) is 13.8 Å². The highest BCUT2D eigenvalue weighted by Crippen LogP contribution is 2.43. The van der Waals surface area contributed by atoms with Crippen LogP contribution in [-0.4, -0.2) is 66.3 Å². The Labute approximate surface area is 301 Å². The van der Waals surface area contributed by atoms with Gasteiger partial charge in [0.15, 0.2) is 0 Å². The van der Waals surface area contributed by atoms with E-state index in [1.165, 1.54) is 148 Å². The molecule has 294 valence electrons. The van der Waals surface area contributed by atoms with Crippen LogP contribution in [0.3, 0.4) is 0 Å². The van der Waals surface area contributed by atoms with Gasteiger partial charge in [0.2, 0.25) is 0 Å². The van der Waals surface area contributed by atoms with Gasteiger partial charge in [-0.1, -0.05) is 181 Å². The van der Waals surface area contributed by atoms with Gasteiger partial charge in [0.05, 0.1) is 26.4 Å². The lowest BCUT2D eigenvalue weighted by Gasteiger charge is -2.20. The first kappa shape index (κ1) is 48.5. The predicted molar refractivity (Wildman–Crippen MR) is 201 cm³/mol. The molecule has 3 N–H and O–H groups in total. The Morgan fingerprint density at radius 2 is 0.918 bits per heavy atom. The summed E-state index contributed by atoms with van der Waals surface area (Å²) in [6, 6.07) is 0. The predicted octanol–water partition coefficient (Wildman–Crippen LogP) is 10.8. The number of carbonyl (C=O) groups excluding carboxylic acids is 1. The molecule has 0 bridgehead atoms. The van der Waals surface area contributed by atoms with Crippen LogP contribution in [0.5, 0.6) is 0 Å². The van der Waals surface area contributed by atoms with E-state index in [1.807, 2.05) is 0 Å². The lowest BCUT2D eigenvalue weighted by atomic mass is 10.0. The highest BCUT2D eigenvalue weighted by atomic mass is 31.2. The van der Waals surface area contributed by atoms with Crippen molar-refractivity contribution in [2.24, 2.45) is 0 Å². The zero-order valence-corrected chi connectivity index (χ0v) is 32.8. The molecule has 49 heavy (non-hydrogen) atoms. The summed E-state index contributed by atoms with van der Waals surface area (Å²) < 4.78 is 33.3. The summed E-state index contributed by atoms with van der Waals surface area (Å²) >= 11 is 0. The quantitative estimate of drug-likeness (QED) is 0.0321. The average Bonchev–Trinajstić information content (AvgIpc) is 3.09. The van der Waals surface area contributed by atoms with Crippen molar-refractivity contribution >= 4 is 13.8 Å². The number of phosphoric ester groups is 1. The summed E-state index contributed by atoms with van der Waals surface area (Å²) in [4.78, 5) is 22.5. The van der Waals surface area contributed by atoms with Gasteiger partial charge in [0, 0.05) is 13.0 Å². The van der Waals surface area contributed by atoms with Crippen molar-refractivity contribution < 1.29 is 43.0 Å². The monoisotopic (exact) mass is 723 g/mol. The van der Waals surface area contributed by atoms with E-state index in [0.717, 1.165) is 32.1 Å². The minimum Gasteiger partial charge on any atom is -0.457 e. The van der Waals surface area contributed by atoms with Gasteiger partial charge in [-0.3, -0.25) is 13.8 Å². The summed E-state index contributed by atoms with van der Waals surface area (Å²) in [5, 5.41) is 18.3. The van der Waals surface area contributed by atoms with Crippen molar-refractivity contribution in [1.29, 1.82) is 0 Å². The summed E-state index contributed by atoms with van der Waals surface area (Å²) in [6.45, 7) is 3.56. The summed E-state index contributed by atoms with van der Waals surface area (Å²) in [7, 11) is -4.50. The Balaban J connectivity index is 4.14. The van der Waals surface area contributed by atoms with Crippen molar-refractivity contribution in [3.63, 3.8) is 0 Å². The lowest BCUT2D eigenvalue weighted by Crippen LogP contribution is -2.29. The standard InChI is InChI=1S/C39H79O9P/c1-3-5-7-9-11-13-15-17-18-19-20-21-23-25-27-29-31-39(42)48-38(36-47-49(43,44)46-34-37(41)33-40)35-45-32-30-28-26-24-22-16-14-12-10-8-6-4-2/h37-38,40-41H,3-36H2,1-2H3,(H,43,44).